The van der Waals surface area contributed by atoms with Crippen LogP contribution in [0.1, 0.15) is 23.2 Å². The van der Waals surface area contributed by atoms with Crippen molar-refractivity contribution in [3.63, 3.8) is 0 Å². The predicted molar refractivity (Wildman–Crippen MR) is 103 cm³/mol. The van der Waals surface area contributed by atoms with E-state index in [1.54, 1.807) is 14.2 Å². The molecule has 0 aliphatic carbocycles. The average Bonchev–Trinajstić information content (AvgIpc) is 3.22. The Balaban J connectivity index is 1.75. The van der Waals surface area contributed by atoms with Gasteiger partial charge in [-0.25, -0.2) is 0 Å². The second-order valence-corrected chi connectivity index (χ2v) is 7.10. The van der Waals surface area contributed by atoms with Crippen LogP contribution in [0.3, 0.4) is 0 Å². The molecule has 2 heterocycles. The molecule has 2 aromatic rings. The van der Waals surface area contributed by atoms with Crippen LogP contribution in [-0.4, -0.2) is 49.5 Å². The first-order valence-electron chi connectivity index (χ1n) is 8.54. The fraction of sp³-hybridized carbons (Fsp3) is 0.368. The van der Waals surface area contributed by atoms with E-state index in [1.165, 1.54) is 11.3 Å². The Labute approximate surface area is 157 Å². The number of carbonyl (C=O) groups excluding carboxylic acids is 2. The highest BCUT2D eigenvalue weighted by Gasteiger charge is 2.42. The van der Waals surface area contributed by atoms with Crippen molar-refractivity contribution in [3.8, 4) is 5.75 Å². The normalized spacial score (nSPS) is 16.0. The van der Waals surface area contributed by atoms with E-state index in [2.05, 4.69) is 10.6 Å². The van der Waals surface area contributed by atoms with Gasteiger partial charge in [0.1, 0.15) is 11.3 Å². The Bertz CT molecular complexity index is 768. The Morgan fingerprint density at radius 3 is 2.62 bits per heavy atom. The van der Waals surface area contributed by atoms with Gasteiger partial charge in [0.2, 0.25) is 5.91 Å². The summed E-state index contributed by atoms with van der Waals surface area (Å²) in [6, 6.07) is 9.36. The zero-order valence-corrected chi connectivity index (χ0v) is 15.8. The standard InChI is InChI=1S/C19H23N3O3S/c1-20-18(24)19(21-15-4-3-5-16(12-15)25-2)7-9-22(10-8-19)17(23)14-6-11-26-13-14/h3-6,11-13,21H,7-10H2,1-2H3,(H,20,24). The summed E-state index contributed by atoms with van der Waals surface area (Å²) in [4.78, 5) is 27.0. The highest BCUT2D eigenvalue weighted by atomic mass is 32.1. The van der Waals surface area contributed by atoms with E-state index in [9.17, 15) is 9.59 Å². The van der Waals surface area contributed by atoms with E-state index in [-0.39, 0.29) is 11.8 Å². The molecule has 0 atom stereocenters. The quantitative estimate of drug-likeness (QED) is 0.845. The zero-order valence-electron chi connectivity index (χ0n) is 15.0. The Morgan fingerprint density at radius 2 is 2.00 bits per heavy atom. The van der Waals surface area contributed by atoms with Crippen LogP contribution in [0.4, 0.5) is 5.69 Å². The summed E-state index contributed by atoms with van der Waals surface area (Å²) in [5.41, 5.74) is 0.792. The fourth-order valence-corrected chi connectivity index (χ4v) is 3.92. The highest BCUT2D eigenvalue weighted by molar-refractivity contribution is 7.08. The number of hydrogen-bond donors (Lipinski definition) is 2. The summed E-state index contributed by atoms with van der Waals surface area (Å²) in [6.45, 7) is 1.05. The number of carbonyl (C=O) groups is 2. The van der Waals surface area contributed by atoms with Crippen LogP contribution in [-0.2, 0) is 4.79 Å². The molecular formula is C19H23N3O3S. The van der Waals surface area contributed by atoms with E-state index < -0.39 is 5.54 Å². The molecule has 2 N–H and O–H groups in total. The lowest BCUT2D eigenvalue weighted by molar-refractivity contribution is -0.126. The van der Waals surface area contributed by atoms with Gasteiger partial charge >= 0.3 is 0 Å². The molecule has 0 saturated carbocycles. The third kappa shape index (κ3) is 3.67. The molecule has 0 radical (unpaired) electrons. The molecule has 0 spiro atoms. The second kappa shape index (κ2) is 7.78. The molecule has 0 unspecified atom stereocenters. The maximum absolute atomic E-state index is 12.6. The average molecular weight is 373 g/mol. The topological polar surface area (TPSA) is 70.7 Å². The zero-order chi connectivity index (χ0) is 18.6. The van der Waals surface area contributed by atoms with Crippen LogP contribution in [0.15, 0.2) is 41.1 Å². The van der Waals surface area contributed by atoms with Gasteiger partial charge in [-0.15, -0.1) is 0 Å². The summed E-state index contributed by atoms with van der Waals surface area (Å²) in [5, 5.41) is 9.91. The van der Waals surface area contributed by atoms with Crippen LogP contribution in [0.2, 0.25) is 0 Å². The van der Waals surface area contributed by atoms with Gasteiger partial charge in [0, 0.05) is 37.3 Å². The third-order valence-electron chi connectivity index (χ3n) is 4.79. The van der Waals surface area contributed by atoms with Crippen molar-refractivity contribution >= 4 is 28.8 Å². The fourth-order valence-electron chi connectivity index (χ4n) is 3.29. The van der Waals surface area contributed by atoms with E-state index >= 15 is 0 Å². The number of nitrogens with one attached hydrogen (secondary N) is 2. The number of hydrogen-bond acceptors (Lipinski definition) is 5. The maximum Gasteiger partial charge on any atom is 0.254 e. The molecule has 2 amide bonds. The third-order valence-corrected chi connectivity index (χ3v) is 5.47. The summed E-state index contributed by atoms with van der Waals surface area (Å²) in [6.07, 6.45) is 1.08. The first kappa shape index (κ1) is 18.3. The number of nitrogens with zero attached hydrogens (tertiary/aromatic N) is 1. The molecule has 1 aromatic carbocycles. The van der Waals surface area contributed by atoms with Gasteiger partial charge in [0.05, 0.1) is 12.7 Å². The highest BCUT2D eigenvalue weighted by Crippen LogP contribution is 2.30. The van der Waals surface area contributed by atoms with Gasteiger partial charge < -0.3 is 20.3 Å². The van der Waals surface area contributed by atoms with Gasteiger partial charge in [-0.05, 0) is 36.4 Å². The van der Waals surface area contributed by atoms with Crippen LogP contribution in [0, 0.1) is 0 Å². The first-order valence-corrected chi connectivity index (χ1v) is 9.48. The number of anilines is 1. The van der Waals surface area contributed by atoms with E-state index in [1.807, 2.05) is 46.0 Å². The molecular weight excluding hydrogens is 350 g/mol. The molecule has 1 aliphatic rings. The lowest BCUT2D eigenvalue weighted by atomic mass is 9.85. The van der Waals surface area contributed by atoms with E-state index in [4.69, 9.17) is 4.74 Å². The molecule has 6 nitrogen and oxygen atoms in total. The molecule has 3 rings (SSSR count). The monoisotopic (exact) mass is 373 g/mol. The number of thiophene rings is 1. The van der Waals surface area contributed by atoms with Crippen molar-refractivity contribution in [1.29, 1.82) is 0 Å². The molecule has 7 heteroatoms. The van der Waals surface area contributed by atoms with Crippen molar-refractivity contribution in [2.75, 3.05) is 32.6 Å². The van der Waals surface area contributed by atoms with Crippen LogP contribution >= 0.6 is 11.3 Å². The van der Waals surface area contributed by atoms with Crippen molar-refractivity contribution in [3.05, 3.63) is 46.7 Å². The maximum atomic E-state index is 12.6. The molecule has 1 aliphatic heterocycles. The second-order valence-electron chi connectivity index (χ2n) is 6.32. The molecule has 138 valence electrons. The van der Waals surface area contributed by atoms with Gasteiger partial charge in [-0.2, -0.15) is 11.3 Å². The molecule has 0 bridgehead atoms. The molecule has 1 fully saturated rings. The molecule has 26 heavy (non-hydrogen) atoms. The largest absolute Gasteiger partial charge is 0.497 e. The summed E-state index contributed by atoms with van der Waals surface area (Å²) in [7, 11) is 3.25. The SMILES string of the molecule is CNC(=O)C1(Nc2cccc(OC)c2)CCN(C(=O)c2ccsc2)CC1. The summed E-state index contributed by atoms with van der Waals surface area (Å²) >= 11 is 1.51. The number of rotatable bonds is 5. The Morgan fingerprint density at radius 1 is 1.23 bits per heavy atom. The smallest absolute Gasteiger partial charge is 0.254 e. The molecule has 1 saturated heterocycles. The van der Waals surface area contributed by atoms with E-state index in [0.717, 1.165) is 11.4 Å². The number of ether oxygens (including phenoxy) is 1. The Kier molecular flexibility index (Phi) is 5.46. The van der Waals surface area contributed by atoms with Crippen molar-refractivity contribution in [1.82, 2.24) is 10.2 Å². The minimum Gasteiger partial charge on any atom is -0.497 e. The summed E-state index contributed by atoms with van der Waals surface area (Å²) < 4.78 is 5.26. The van der Waals surface area contributed by atoms with E-state index in [0.29, 0.717) is 31.5 Å². The van der Waals surface area contributed by atoms with Crippen molar-refractivity contribution in [2.24, 2.45) is 0 Å². The van der Waals surface area contributed by atoms with Gasteiger partial charge in [0.15, 0.2) is 0 Å². The van der Waals surface area contributed by atoms with Crippen LogP contribution in [0.5, 0.6) is 5.75 Å². The van der Waals surface area contributed by atoms with Crippen LogP contribution in [0.25, 0.3) is 0 Å². The number of amides is 2. The minimum absolute atomic E-state index is 0.0261. The van der Waals surface area contributed by atoms with Crippen molar-refractivity contribution < 1.29 is 14.3 Å². The van der Waals surface area contributed by atoms with Gasteiger partial charge in [-0.1, -0.05) is 6.07 Å². The molecule has 1 aromatic heterocycles. The first-order chi connectivity index (χ1) is 12.6. The Hall–Kier alpha value is -2.54. The number of piperidine rings is 1. The number of benzene rings is 1. The number of likely N-dealkylation sites (N-methyl/N-ethyl adjacent to an activating group) is 1. The minimum atomic E-state index is -0.744. The van der Waals surface area contributed by atoms with Gasteiger partial charge in [-0.3, -0.25) is 9.59 Å². The summed E-state index contributed by atoms with van der Waals surface area (Å²) in [5.74, 6) is 0.688. The number of likely N-dealkylation sites (tertiary alicyclic amines) is 1. The lowest BCUT2D eigenvalue weighted by Gasteiger charge is -2.41. The predicted octanol–water partition coefficient (Wildman–Crippen LogP) is 2.59. The van der Waals surface area contributed by atoms with Crippen molar-refractivity contribution in [2.45, 2.75) is 18.4 Å². The lowest BCUT2D eigenvalue weighted by Crippen LogP contribution is -2.58. The number of methoxy groups -OCH3 is 1. The van der Waals surface area contributed by atoms with Gasteiger partial charge in [0.25, 0.3) is 5.91 Å². The van der Waals surface area contributed by atoms with Crippen LogP contribution < -0.4 is 15.4 Å².